The van der Waals surface area contributed by atoms with Crippen LogP contribution < -0.4 is 5.32 Å². The van der Waals surface area contributed by atoms with E-state index in [1.54, 1.807) is 13.1 Å². The number of likely N-dealkylation sites (N-methyl/N-ethyl adjacent to an activating group) is 1. The third kappa shape index (κ3) is 5.49. The van der Waals surface area contributed by atoms with E-state index in [0.717, 1.165) is 10.0 Å². The van der Waals surface area contributed by atoms with Crippen molar-refractivity contribution in [3.8, 4) is 0 Å². The molecular formula is C19H21BrN2O2. The molecule has 0 radical (unpaired) electrons. The molecule has 24 heavy (non-hydrogen) atoms. The number of nitrogens with zero attached hydrogens (tertiary/aromatic N) is 1. The van der Waals surface area contributed by atoms with Gasteiger partial charge in [-0.3, -0.25) is 9.59 Å². The van der Waals surface area contributed by atoms with Crippen molar-refractivity contribution >= 4 is 33.4 Å². The van der Waals surface area contributed by atoms with Crippen molar-refractivity contribution in [1.82, 2.24) is 4.90 Å². The fraction of sp³-hybridized carbons (Fsp3) is 0.263. The van der Waals surface area contributed by atoms with Crippen LogP contribution in [0.2, 0.25) is 0 Å². The highest BCUT2D eigenvalue weighted by atomic mass is 79.9. The molecule has 2 aromatic rings. The van der Waals surface area contributed by atoms with Gasteiger partial charge in [-0.15, -0.1) is 0 Å². The first-order valence-electron chi connectivity index (χ1n) is 7.79. The summed E-state index contributed by atoms with van der Waals surface area (Å²) in [5, 5.41) is 2.80. The SMILES string of the molecule is Cc1ccc(CCC(=O)N(C)CC(=O)Nc2ccccc2Br)cc1. The molecule has 0 aliphatic rings. The molecule has 1 N–H and O–H groups in total. The molecule has 0 aromatic heterocycles. The Kier molecular flexibility index (Phi) is 6.55. The zero-order valence-corrected chi connectivity index (χ0v) is 15.5. The Bertz CT molecular complexity index is 714. The van der Waals surface area contributed by atoms with E-state index in [-0.39, 0.29) is 18.4 Å². The van der Waals surface area contributed by atoms with E-state index in [2.05, 4.69) is 21.2 Å². The molecule has 0 atom stereocenters. The number of rotatable bonds is 6. The lowest BCUT2D eigenvalue weighted by Gasteiger charge is -2.17. The molecule has 0 unspecified atom stereocenters. The van der Waals surface area contributed by atoms with Crippen LogP contribution in [0, 0.1) is 6.92 Å². The van der Waals surface area contributed by atoms with Gasteiger partial charge in [-0.2, -0.15) is 0 Å². The summed E-state index contributed by atoms with van der Waals surface area (Å²) in [5.74, 6) is -0.258. The lowest BCUT2D eigenvalue weighted by molar-refractivity contribution is -0.133. The van der Waals surface area contributed by atoms with Gasteiger partial charge in [-0.05, 0) is 47.0 Å². The Morgan fingerprint density at radius 3 is 2.42 bits per heavy atom. The molecule has 0 heterocycles. The molecule has 0 saturated carbocycles. The number of benzene rings is 2. The minimum atomic E-state index is -0.215. The number of para-hydroxylation sites is 1. The molecule has 4 nitrogen and oxygen atoms in total. The minimum Gasteiger partial charge on any atom is -0.336 e. The Morgan fingerprint density at radius 2 is 1.75 bits per heavy atom. The predicted octanol–water partition coefficient (Wildman–Crippen LogP) is 3.79. The molecule has 0 fully saturated rings. The third-order valence-electron chi connectivity index (χ3n) is 3.70. The smallest absolute Gasteiger partial charge is 0.244 e. The number of anilines is 1. The van der Waals surface area contributed by atoms with Gasteiger partial charge in [0.1, 0.15) is 0 Å². The summed E-state index contributed by atoms with van der Waals surface area (Å²) in [6, 6.07) is 15.5. The molecule has 0 saturated heterocycles. The van der Waals surface area contributed by atoms with Crippen LogP contribution in [-0.4, -0.2) is 30.3 Å². The summed E-state index contributed by atoms with van der Waals surface area (Å²) in [4.78, 5) is 25.7. The quantitative estimate of drug-likeness (QED) is 0.818. The molecule has 0 aliphatic carbocycles. The summed E-state index contributed by atoms with van der Waals surface area (Å²) in [5.41, 5.74) is 3.02. The summed E-state index contributed by atoms with van der Waals surface area (Å²) in [6.45, 7) is 2.07. The second-order valence-electron chi connectivity index (χ2n) is 5.76. The molecule has 126 valence electrons. The number of nitrogens with one attached hydrogen (secondary N) is 1. The van der Waals surface area contributed by atoms with Crippen LogP contribution in [0.4, 0.5) is 5.69 Å². The second kappa shape index (κ2) is 8.64. The zero-order chi connectivity index (χ0) is 17.5. The maximum Gasteiger partial charge on any atom is 0.244 e. The highest BCUT2D eigenvalue weighted by molar-refractivity contribution is 9.10. The fourth-order valence-electron chi connectivity index (χ4n) is 2.25. The first-order valence-corrected chi connectivity index (χ1v) is 8.59. The Labute approximate surface area is 151 Å². The first kappa shape index (κ1) is 18.2. The minimum absolute atomic E-state index is 0.0358. The summed E-state index contributed by atoms with van der Waals surface area (Å²) in [7, 11) is 1.65. The van der Waals surface area contributed by atoms with Gasteiger partial charge in [0.2, 0.25) is 11.8 Å². The number of aryl methyl sites for hydroxylation is 2. The number of carbonyl (C=O) groups is 2. The number of hydrogen-bond donors (Lipinski definition) is 1. The van der Waals surface area contributed by atoms with Gasteiger partial charge in [-0.25, -0.2) is 0 Å². The second-order valence-corrected chi connectivity index (χ2v) is 6.62. The molecule has 2 rings (SSSR count). The van der Waals surface area contributed by atoms with Crippen molar-refractivity contribution in [2.45, 2.75) is 19.8 Å². The average molecular weight is 389 g/mol. The van der Waals surface area contributed by atoms with Gasteiger partial charge in [0, 0.05) is 17.9 Å². The lowest BCUT2D eigenvalue weighted by atomic mass is 10.1. The van der Waals surface area contributed by atoms with Crippen molar-refractivity contribution in [2.24, 2.45) is 0 Å². The van der Waals surface area contributed by atoms with Crippen LogP contribution >= 0.6 is 15.9 Å². The van der Waals surface area contributed by atoms with Crippen LogP contribution in [0.5, 0.6) is 0 Å². The normalized spacial score (nSPS) is 10.3. The van der Waals surface area contributed by atoms with Crippen molar-refractivity contribution in [3.63, 3.8) is 0 Å². The summed E-state index contributed by atoms with van der Waals surface area (Å²) < 4.78 is 0.812. The maximum atomic E-state index is 12.2. The molecular weight excluding hydrogens is 368 g/mol. The van der Waals surface area contributed by atoms with Crippen LogP contribution in [-0.2, 0) is 16.0 Å². The van der Waals surface area contributed by atoms with E-state index in [1.807, 2.05) is 49.4 Å². The highest BCUT2D eigenvalue weighted by Crippen LogP contribution is 2.21. The van der Waals surface area contributed by atoms with E-state index in [4.69, 9.17) is 0 Å². The van der Waals surface area contributed by atoms with Gasteiger partial charge < -0.3 is 10.2 Å². The van der Waals surface area contributed by atoms with E-state index in [9.17, 15) is 9.59 Å². The Hall–Kier alpha value is -2.14. The van der Waals surface area contributed by atoms with Crippen LogP contribution in [0.3, 0.4) is 0 Å². The first-order chi connectivity index (χ1) is 11.5. The van der Waals surface area contributed by atoms with Gasteiger partial charge >= 0.3 is 0 Å². The highest BCUT2D eigenvalue weighted by Gasteiger charge is 2.13. The van der Waals surface area contributed by atoms with Gasteiger partial charge in [0.05, 0.1) is 12.2 Å². The number of halogens is 1. The zero-order valence-electron chi connectivity index (χ0n) is 13.9. The van der Waals surface area contributed by atoms with Crippen molar-refractivity contribution in [2.75, 3.05) is 18.9 Å². The molecule has 2 amide bonds. The number of amides is 2. The molecule has 0 bridgehead atoms. The monoisotopic (exact) mass is 388 g/mol. The third-order valence-corrected chi connectivity index (χ3v) is 4.39. The lowest BCUT2D eigenvalue weighted by Crippen LogP contribution is -2.35. The summed E-state index contributed by atoms with van der Waals surface area (Å²) >= 11 is 3.38. The topological polar surface area (TPSA) is 49.4 Å². The van der Waals surface area contributed by atoms with Gasteiger partial charge in [-0.1, -0.05) is 42.0 Å². The van der Waals surface area contributed by atoms with Crippen molar-refractivity contribution in [1.29, 1.82) is 0 Å². The van der Waals surface area contributed by atoms with Crippen LogP contribution in [0.15, 0.2) is 53.0 Å². The van der Waals surface area contributed by atoms with Gasteiger partial charge in [0.25, 0.3) is 0 Å². The summed E-state index contributed by atoms with van der Waals surface area (Å²) in [6.07, 6.45) is 1.07. The molecule has 5 heteroatoms. The fourth-order valence-corrected chi connectivity index (χ4v) is 2.64. The standard InChI is InChI=1S/C19H21BrN2O2/c1-14-7-9-15(10-8-14)11-12-19(24)22(2)13-18(23)21-17-6-4-3-5-16(17)20/h3-10H,11-13H2,1-2H3,(H,21,23). The van der Waals surface area contributed by atoms with E-state index in [1.165, 1.54) is 10.5 Å². The van der Waals surface area contributed by atoms with Crippen molar-refractivity contribution in [3.05, 3.63) is 64.1 Å². The van der Waals surface area contributed by atoms with Crippen LogP contribution in [0.1, 0.15) is 17.5 Å². The van der Waals surface area contributed by atoms with E-state index >= 15 is 0 Å². The average Bonchev–Trinajstić information content (AvgIpc) is 2.56. The van der Waals surface area contributed by atoms with Crippen molar-refractivity contribution < 1.29 is 9.59 Å². The van der Waals surface area contributed by atoms with E-state index in [0.29, 0.717) is 18.5 Å². The largest absolute Gasteiger partial charge is 0.336 e. The maximum absolute atomic E-state index is 12.2. The molecule has 0 spiro atoms. The molecule has 2 aromatic carbocycles. The Morgan fingerprint density at radius 1 is 1.08 bits per heavy atom. The predicted molar refractivity (Wildman–Crippen MR) is 99.9 cm³/mol. The Balaban J connectivity index is 1.81. The van der Waals surface area contributed by atoms with Crippen LogP contribution in [0.25, 0.3) is 0 Å². The number of carbonyl (C=O) groups excluding carboxylic acids is 2. The van der Waals surface area contributed by atoms with E-state index < -0.39 is 0 Å². The molecule has 0 aliphatic heterocycles. The number of hydrogen-bond acceptors (Lipinski definition) is 2. The van der Waals surface area contributed by atoms with Gasteiger partial charge in [0.15, 0.2) is 0 Å².